The summed E-state index contributed by atoms with van der Waals surface area (Å²) in [6.45, 7) is 2.48. The van der Waals surface area contributed by atoms with Crippen LogP contribution in [0.25, 0.3) is 0 Å². The predicted molar refractivity (Wildman–Crippen MR) is 61.4 cm³/mol. The van der Waals surface area contributed by atoms with E-state index in [1.165, 1.54) is 5.56 Å². The highest BCUT2D eigenvalue weighted by atomic mass is 16.5. The molecule has 15 heavy (non-hydrogen) atoms. The molecule has 1 aromatic carbocycles. The quantitative estimate of drug-likeness (QED) is 0.800. The first-order valence-electron chi connectivity index (χ1n) is 5.32. The van der Waals surface area contributed by atoms with Crippen molar-refractivity contribution in [3.05, 3.63) is 35.4 Å². The van der Waals surface area contributed by atoms with Crippen molar-refractivity contribution >= 4 is 5.90 Å². The third-order valence-corrected chi connectivity index (χ3v) is 2.48. The fourth-order valence-corrected chi connectivity index (χ4v) is 1.70. The molecule has 1 heterocycles. The van der Waals surface area contributed by atoms with E-state index >= 15 is 0 Å². The second-order valence-corrected chi connectivity index (χ2v) is 3.55. The van der Waals surface area contributed by atoms with Crippen LogP contribution in [-0.2, 0) is 11.2 Å². The standard InChI is InChI=1S/C12H16N2O/c1-13-7-6-10-4-2-3-5-11(10)12-14-8-9-15-12/h2-5,13H,6-9H2,1H3. The van der Waals surface area contributed by atoms with Gasteiger partial charge in [-0.1, -0.05) is 18.2 Å². The number of nitrogens with zero attached hydrogens (tertiary/aromatic N) is 1. The Morgan fingerprint density at radius 2 is 2.27 bits per heavy atom. The maximum Gasteiger partial charge on any atom is 0.216 e. The molecule has 2 rings (SSSR count). The molecule has 1 aliphatic rings. The zero-order valence-electron chi connectivity index (χ0n) is 8.99. The van der Waals surface area contributed by atoms with Crippen molar-refractivity contribution in [3.8, 4) is 0 Å². The van der Waals surface area contributed by atoms with Gasteiger partial charge < -0.3 is 10.1 Å². The minimum Gasteiger partial charge on any atom is -0.476 e. The van der Waals surface area contributed by atoms with Gasteiger partial charge in [0.1, 0.15) is 6.61 Å². The Morgan fingerprint density at radius 1 is 1.40 bits per heavy atom. The molecular formula is C12H16N2O. The summed E-state index contributed by atoms with van der Waals surface area (Å²) in [5.41, 5.74) is 2.44. The van der Waals surface area contributed by atoms with E-state index < -0.39 is 0 Å². The molecule has 0 fully saturated rings. The summed E-state index contributed by atoms with van der Waals surface area (Å²) in [7, 11) is 1.96. The molecule has 0 bridgehead atoms. The highest BCUT2D eigenvalue weighted by Gasteiger charge is 2.13. The van der Waals surface area contributed by atoms with Gasteiger partial charge in [-0.05, 0) is 31.6 Å². The number of ether oxygens (including phenoxy) is 1. The van der Waals surface area contributed by atoms with Crippen molar-refractivity contribution in [1.82, 2.24) is 5.32 Å². The van der Waals surface area contributed by atoms with E-state index in [-0.39, 0.29) is 0 Å². The van der Waals surface area contributed by atoms with Crippen molar-refractivity contribution in [2.24, 2.45) is 4.99 Å². The van der Waals surface area contributed by atoms with Crippen LogP contribution >= 0.6 is 0 Å². The van der Waals surface area contributed by atoms with E-state index in [4.69, 9.17) is 4.74 Å². The fourth-order valence-electron chi connectivity index (χ4n) is 1.70. The summed E-state index contributed by atoms with van der Waals surface area (Å²) in [6, 6.07) is 8.30. The van der Waals surface area contributed by atoms with E-state index in [1.807, 2.05) is 13.1 Å². The van der Waals surface area contributed by atoms with Crippen LogP contribution < -0.4 is 5.32 Å². The SMILES string of the molecule is CNCCc1ccccc1C1=NCCO1. The van der Waals surface area contributed by atoms with Crippen LogP contribution in [0.1, 0.15) is 11.1 Å². The number of nitrogens with one attached hydrogen (secondary N) is 1. The van der Waals surface area contributed by atoms with E-state index in [2.05, 4.69) is 28.5 Å². The lowest BCUT2D eigenvalue weighted by Crippen LogP contribution is -2.13. The Hall–Kier alpha value is -1.35. The minimum atomic E-state index is 0.718. The van der Waals surface area contributed by atoms with Gasteiger partial charge in [0.25, 0.3) is 0 Å². The van der Waals surface area contributed by atoms with E-state index in [9.17, 15) is 0 Å². The third kappa shape index (κ3) is 2.36. The van der Waals surface area contributed by atoms with E-state index in [0.29, 0.717) is 0 Å². The maximum absolute atomic E-state index is 5.49. The monoisotopic (exact) mass is 204 g/mol. The molecule has 0 amide bonds. The van der Waals surface area contributed by atoms with E-state index in [1.54, 1.807) is 0 Å². The average molecular weight is 204 g/mol. The summed E-state index contributed by atoms with van der Waals surface area (Å²) in [4.78, 5) is 4.35. The second-order valence-electron chi connectivity index (χ2n) is 3.55. The Labute approximate surface area is 90.2 Å². The smallest absolute Gasteiger partial charge is 0.216 e. The lowest BCUT2D eigenvalue weighted by molar-refractivity contribution is 0.348. The number of hydrogen-bond donors (Lipinski definition) is 1. The molecule has 0 atom stereocenters. The summed E-state index contributed by atoms with van der Waals surface area (Å²) in [5, 5.41) is 3.15. The second kappa shape index (κ2) is 4.94. The summed E-state index contributed by atoms with van der Waals surface area (Å²) in [6.07, 6.45) is 1.01. The molecule has 0 unspecified atom stereocenters. The number of aliphatic imine (C=N–C) groups is 1. The van der Waals surface area contributed by atoms with Crippen molar-refractivity contribution in [2.45, 2.75) is 6.42 Å². The summed E-state index contributed by atoms with van der Waals surface area (Å²) >= 11 is 0. The molecule has 3 heteroatoms. The van der Waals surface area contributed by atoms with Gasteiger partial charge in [-0.3, -0.25) is 0 Å². The molecular weight excluding hydrogens is 188 g/mol. The normalized spacial score (nSPS) is 14.9. The molecule has 0 radical (unpaired) electrons. The zero-order chi connectivity index (χ0) is 10.5. The average Bonchev–Trinajstić information content (AvgIpc) is 2.80. The fraction of sp³-hybridized carbons (Fsp3) is 0.417. The Kier molecular flexibility index (Phi) is 3.35. The Balaban J connectivity index is 2.21. The number of hydrogen-bond acceptors (Lipinski definition) is 3. The summed E-state index contributed by atoms with van der Waals surface area (Å²) < 4.78 is 5.49. The van der Waals surface area contributed by atoms with Gasteiger partial charge >= 0.3 is 0 Å². The van der Waals surface area contributed by atoms with Gasteiger partial charge in [-0.25, -0.2) is 4.99 Å². The van der Waals surface area contributed by atoms with Crippen LogP contribution in [-0.4, -0.2) is 32.6 Å². The highest BCUT2D eigenvalue weighted by molar-refractivity contribution is 5.96. The largest absolute Gasteiger partial charge is 0.476 e. The van der Waals surface area contributed by atoms with Gasteiger partial charge in [-0.2, -0.15) is 0 Å². The van der Waals surface area contributed by atoms with Gasteiger partial charge in [0.15, 0.2) is 0 Å². The number of rotatable bonds is 4. The Morgan fingerprint density at radius 3 is 3.00 bits per heavy atom. The minimum absolute atomic E-state index is 0.718. The molecule has 1 N–H and O–H groups in total. The first kappa shape index (κ1) is 10.2. The van der Waals surface area contributed by atoms with Crippen molar-refractivity contribution in [2.75, 3.05) is 26.7 Å². The first-order chi connectivity index (χ1) is 7.42. The molecule has 1 aliphatic heterocycles. The van der Waals surface area contributed by atoms with Crippen LogP contribution in [0, 0.1) is 0 Å². The molecule has 0 aromatic heterocycles. The van der Waals surface area contributed by atoms with Crippen molar-refractivity contribution < 1.29 is 4.74 Å². The first-order valence-corrected chi connectivity index (χ1v) is 5.32. The molecule has 1 aromatic rings. The topological polar surface area (TPSA) is 33.6 Å². The lowest BCUT2D eigenvalue weighted by Gasteiger charge is -2.08. The highest BCUT2D eigenvalue weighted by Crippen LogP contribution is 2.13. The van der Waals surface area contributed by atoms with Crippen LogP contribution in [0.2, 0.25) is 0 Å². The zero-order valence-corrected chi connectivity index (χ0v) is 8.99. The molecule has 0 aliphatic carbocycles. The van der Waals surface area contributed by atoms with Crippen LogP contribution in [0.4, 0.5) is 0 Å². The van der Waals surface area contributed by atoms with Crippen LogP contribution in [0.3, 0.4) is 0 Å². The van der Waals surface area contributed by atoms with Crippen LogP contribution in [0.15, 0.2) is 29.3 Å². The third-order valence-electron chi connectivity index (χ3n) is 2.48. The van der Waals surface area contributed by atoms with Gasteiger partial charge in [0.05, 0.1) is 6.54 Å². The van der Waals surface area contributed by atoms with Crippen LogP contribution in [0.5, 0.6) is 0 Å². The van der Waals surface area contributed by atoms with Crippen molar-refractivity contribution in [3.63, 3.8) is 0 Å². The maximum atomic E-state index is 5.49. The van der Waals surface area contributed by atoms with E-state index in [0.717, 1.165) is 37.6 Å². The Bertz CT molecular complexity index is 360. The van der Waals surface area contributed by atoms with Gasteiger partial charge in [0.2, 0.25) is 5.90 Å². The molecule has 3 nitrogen and oxygen atoms in total. The number of benzene rings is 1. The summed E-state index contributed by atoms with van der Waals surface area (Å²) in [5.74, 6) is 0.807. The van der Waals surface area contributed by atoms with Gasteiger partial charge in [0, 0.05) is 5.56 Å². The van der Waals surface area contributed by atoms with Gasteiger partial charge in [-0.15, -0.1) is 0 Å². The molecule has 0 spiro atoms. The lowest BCUT2D eigenvalue weighted by atomic mass is 10.0. The van der Waals surface area contributed by atoms with Crippen molar-refractivity contribution in [1.29, 1.82) is 0 Å². The number of likely N-dealkylation sites (N-methyl/N-ethyl adjacent to an activating group) is 1. The molecule has 80 valence electrons. The molecule has 0 saturated carbocycles. The predicted octanol–water partition coefficient (Wildman–Crippen LogP) is 1.23. The molecule has 0 saturated heterocycles.